The van der Waals surface area contributed by atoms with Crippen LogP contribution in [0.25, 0.3) is 32.9 Å². The molecule has 7 nitrogen and oxygen atoms in total. The van der Waals surface area contributed by atoms with Gasteiger partial charge >= 0.3 is 0 Å². The molecule has 5 aromatic carbocycles. The van der Waals surface area contributed by atoms with E-state index < -0.39 is 15.4 Å². The fourth-order valence-corrected chi connectivity index (χ4v) is 8.73. The molecule has 0 amide bonds. The third-order valence-corrected chi connectivity index (χ3v) is 11.5. The largest absolute Gasteiger partial charge is 0.497 e. The minimum absolute atomic E-state index is 0.00121. The van der Waals surface area contributed by atoms with Crippen molar-refractivity contribution in [3.63, 3.8) is 0 Å². The van der Waals surface area contributed by atoms with Gasteiger partial charge in [-0.2, -0.15) is 8.42 Å². The van der Waals surface area contributed by atoms with Gasteiger partial charge in [0.05, 0.1) is 19.5 Å². The number of ether oxygens (including phenoxy) is 2. The highest BCUT2D eigenvalue weighted by molar-refractivity contribution is 7.86. The summed E-state index contributed by atoms with van der Waals surface area (Å²) in [6, 6.07) is 39.4. The minimum Gasteiger partial charge on any atom is -0.497 e. The number of aryl methyl sites for hydroxylation is 1. The summed E-state index contributed by atoms with van der Waals surface area (Å²) < 4.78 is 48.5. The van der Waals surface area contributed by atoms with Crippen LogP contribution in [0.5, 0.6) is 11.5 Å². The summed E-state index contributed by atoms with van der Waals surface area (Å²) in [5.74, 6) is 1.59. The van der Waals surface area contributed by atoms with Crippen molar-refractivity contribution in [2.75, 3.05) is 19.1 Å². The highest BCUT2D eigenvalue weighted by Crippen LogP contribution is 2.39. The first-order chi connectivity index (χ1) is 23.8. The van der Waals surface area contributed by atoms with Gasteiger partial charge in [0.25, 0.3) is 10.1 Å². The normalized spacial score (nSPS) is 14.6. The predicted octanol–water partition coefficient (Wildman–Crippen LogP) is 10.2. The molecule has 1 aliphatic carbocycles. The van der Waals surface area contributed by atoms with Gasteiger partial charge in [-0.15, -0.1) is 0 Å². The van der Waals surface area contributed by atoms with Crippen molar-refractivity contribution in [2.24, 2.45) is 5.92 Å². The smallest absolute Gasteiger partial charge is 0.268 e. The number of rotatable bonds is 11. The van der Waals surface area contributed by atoms with Crippen LogP contribution in [0, 0.1) is 5.92 Å². The Hall–Kier alpha value is -4.79. The van der Waals surface area contributed by atoms with Crippen LogP contribution in [-0.4, -0.2) is 37.0 Å². The summed E-state index contributed by atoms with van der Waals surface area (Å²) >= 11 is 0. The van der Waals surface area contributed by atoms with E-state index in [9.17, 15) is 13.0 Å². The molecule has 0 saturated heterocycles. The fraction of sp³-hybridized carbons (Fsp3) is 0.268. The van der Waals surface area contributed by atoms with E-state index in [1.807, 2.05) is 60.7 Å². The van der Waals surface area contributed by atoms with Gasteiger partial charge in [-0.05, 0) is 109 Å². The van der Waals surface area contributed by atoms with E-state index in [2.05, 4.69) is 64.1 Å². The van der Waals surface area contributed by atoms with Crippen LogP contribution in [0.4, 0.5) is 17.1 Å². The Balaban J connectivity index is 1.24. The molecule has 1 N–H and O–H groups in total. The Bertz CT molecular complexity index is 2100. The van der Waals surface area contributed by atoms with E-state index >= 15 is 0 Å². The van der Waals surface area contributed by atoms with Crippen LogP contribution < -0.4 is 14.4 Å². The third kappa shape index (κ3) is 6.76. The van der Waals surface area contributed by atoms with Crippen LogP contribution in [0.2, 0.25) is 0 Å². The van der Waals surface area contributed by atoms with Crippen molar-refractivity contribution >= 4 is 49.0 Å². The Morgan fingerprint density at radius 2 is 1.22 bits per heavy atom. The van der Waals surface area contributed by atoms with Crippen molar-refractivity contribution in [1.29, 1.82) is 0 Å². The number of aromatic nitrogens is 1. The molecular formula is C41H42N2O5S. The second-order valence-electron chi connectivity index (χ2n) is 12.9. The molecule has 1 aromatic heterocycles. The van der Waals surface area contributed by atoms with Gasteiger partial charge in [-0.25, -0.2) is 0 Å². The summed E-state index contributed by atoms with van der Waals surface area (Å²) in [5, 5.41) is 1.51. The number of nitrogens with zero attached hydrogens (tertiary/aromatic N) is 2. The molecular weight excluding hydrogens is 633 g/mol. The zero-order chi connectivity index (χ0) is 34.0. The fourth-order valence-electron chi connectivity index (χ4n) is 7.57. The number of para-hydroxylation sites is 1. The van der Waals surface area contributed by atoms with Gasteiger partial charge in [0, 0.05) is 45.4 Å². The molecule has 49 heavy (non-hydrogen) atoms. The monoisotopic (exact) mass is 674 g/mol. The van der Waals surface area contributed by atoms with Crippen molar-refractivity contribution in [3.05, 3.63) is 115 Å². The molecule has 1 atom stereocenters. The van der Waals surface area contributed by atoms with Gasteiger partial charge in [0.15, 0.2) is 0 Å². The number of benzene rings is 5. The summed E-state index contributed by atoms with van der Waals surface area (Å²) in [5.41, 5.74) is 7.28. The zero-order valence-corrected chi connectivity index (χ0v) is 28.8. The first-order valence-electron chi connectivity index (χ1n) is 17.0. The second-order valence-corrected chi connectivity index (χ2v) is 14.6. The van der Waals surface area contributed by atoms with E-state index in [0.29, 0.717) is 13.0 Å². The van der Waals surface area contributed by atoms with Crippen molar-refractivity contribution in [3.8, 4) is 22.6 Å². The average Bonchev–Trinajstić information content (AvgIpc) is 3.45. The third-order valence-electron chi connectivity index (χ3n) is 10.1. The van der Waals surface area contributed by atoms with E-state index in [1.165, 1.54) is 0 Å². The number of methoxy groups -OCH3 is 2. The number of anilines is 3. The molecule has 1 saturated carbocycles. The molecule has 6 aromatic rings. The lowest BCUT2D eigenvalue weighted by Gasteiger charge is -2.28. The SMILES string of the molecule is COc1ccc(N(c2ccc(OC)cc2)c2ccc(-c3ccc4c5ccccc5n(CCC(C5CCCCC5)S(=O)(=O)O)c4c3)cc2)cc1. The van der Waals surface area contributed by atoms with Crippen LogP contribution in [0.3, 0.4) is 0 Å². The molecule has 7 rings (SSSR count). The standard InChI is InChI=1S/C41H42N2O5S/c1-47-35-21-17-33(18-22-35)43(34-19-23-36(48-2)24-20-34)32-15-12-29(13-16-32)31-14-25-38-37-10-6-7-11-39(37)42(40(38)28-31)27-26-41(49(44,45)46)30-8-4-3-5-9-30/h6-7,10-25,28,30,41H,3-5,8-9,26-27H2,1-2H3,(H,44,45,46). The lowest BCUT2D eigenvalue weighted by atomic mass is 9.85. The molecule has 0 aliphatic heterocycles. The number of fused-ring (bicyclic) bond motifs is 3. The Morgan fingerprint density at radius 3 is 1.80 bits per heavy atom. The molecule has 1 unspecified atom stereocenters. The van der Waals surface area contributed by atoms with Gasteiger partial charge in [0.1, 0.15) is 11.5 Å². The highest BCUT2D eigenvalue weighted by Gasteiger charge is 2.33. The topological polar surface area (TPSA) is 81.0 Å². The minimum atomic E-state index is -4.16. The number of hydrogen-bond acceptors (Lipinski definition) is 5. The lowest BCUT2D eigenvalue weighted by molar-refractivity contribution is 0.314. The van der Waals surface area contributed by atoms with Crippen LogP contribution in [0.1, 0.15) is 38.5 Å². The summed E-state index contributed by atoms with van der Waals surface area (Å²) in [7, 11) is -0.831. The van der Waals surface area contributed by atoms with Gasteiger partial charge in [-0.1, -0.05) is 61.7 Å². The van der Waals surface area contributed by atoms with Crippen LogP contribution in [-0.2, 0) is 16.7 Å². The van der Waals surface area contributed by atoms with Crippen LogP contribution >= 0.6 is 0 Å². The Kier molecular flexibility index (Phi) is 9.34. The van der Waals surface area contributed by atoms with E-state index in [-0.39, 0.29) is 5.92 Å². The molecule has 0 bridgehead atoms. The van der Waals surface area contributed by atoms with E-state index in [4.69, 9.17) is 9.47 Å². The number of hydrogen-bond donors (Lipinski definition) is 1. The average molecular weight is 675 g/mol. The molecule has 0 spiro atoms. The molecule has 1 heterocycles. The second kappa shape index (κ2) is 14.0. The molecule has 252 valence electrons. The maximum Gasteiger partial charge on any atom is 0.268 e. The van der Waals surface area contributed by atoms with Crippen molar-refractivity contribution in [2.45, 2.75) is 50.3 Å². The summed E-state index contributed by atoms with van der Waals surface area (Å²) in [6.07, 6.45) is 5.26. The van der Waals surface area contributed by atoms with Gasteiger partial charge < -0.3 is 18.9 Å². The van der Waals surface area contributed by atoms with Crippen LogP contribution in [0.15, 0.2) is 115 Å². The molecule has 1 fully saturated rings. The zero-order valence-electron chi connectivity index (χ0n) is 28.0. The van der Waals surface area contributed by atoms with Crippen molar-refractivity contribution < 1.29 is 22.4 Å². The summed E-state index contributed by atoms with van der Waals surface area (Å²) in [6.45, 7) is 0.506. The maximum atomic E-state index is 12.6. The van der Waals surface area contributed by atoms with Gasteiger partial charge in [0.2, 0.25) is 0 Å². The molecule has 0 radical (unpaired) electrons. The maximum absolute atomic E-state index is 12.6. The predicted molar refractivity (Wildman–Crippen MR) is 199 cm³/mol. The van der Waals surface area contributed by atoms with E-state index in [1.54, 1.807) is 14.2 Å². The van der Waals surface area contributed by atoms with E-state index in [0.717, 1.165) is 93.6 Å². The Morgan fingerprint density at radius 1 is 0.694 bits per heavy atom. The molecule has 8 heteroatoms. The first-order valence-corrected chi connectivity index (χ1v) is 18.5. The highest BCUT2D eigenvalue weighted by atomic mass is 32.2. The lowest BCUT2D eigenvalue weighted by Crippen LogP contribution is -2.32. The van der Waals surface area contributed by atoms with Gasteiger partial charge in [-0.3, -0.25) is 4.55 Å². The van der Waals surface area contributed by atoms with Crippen molar-refractivity contribution in [1.82, 2.24) is 4.57 Å². The summed E-state index contributed by atoms with van der Waals surface area (Å²) in [4.78, 5) is 2.20. The Labute approximate surface area is 288 Å². The quantitative estimate of drug-likeness (QED) is 0.138. The molecule has 1 aliphatic rings. The first kappa shape index (κ1) is 32.7.